The summed E-state index contributed by atoms with van der Waals surface area (Å²) in [6.07, 6.45) is 8.86. The second-order valence-electron chi connectivity index (χ2n) is 5.45. The van der Waals surface area contributed by atoms with Crippen LogP contribution in [0.15, 0.2) is 23.3 Å². The standard InChI is InChI=1S/C15H22O2/c1-10(2)13-7-5-4-6-11-8-12(9-14(11)13)15(16)17-3/h4,6,11-12,14H,5,7-9H2,1-3H3/t11-,12?,14+/m1/s1. The fraction of sp³-hybridized carbons (Fsp3) is 0.667. The SMILES string of the molecule is COC(=O)C1C[C@H]2C=CCCC(=C(C)C)[C@H]2C1. The fourth-order valence-electron chi connectivity index (χ4n) is 3.36. The maximum atomic E-state index is 11.7. The molecule has 2 nitrogen and oxygen atoms in total. The van der Waals surface area contributed by atoms with Gasteiger partial charge in [-0.15, -0.1) is 0 Å². The van der Waals surface area contributed by atoms with Gasteiger partial charge in [0.15, 0.2) is 0 Å². The zero-order valence-corrected chi connectivity index (χ0v) is 11.0. The second-order valence-corrected chi connectivity index (χ2v) is 5.45. The molecule has 0 N–H and O–H groups in total. The molecule has 1 unspecified atom stereocenters. The summed E-state index contributed by atoms with van der Waals surface area (Å²) in [4.78, 5) is 11.7. The van der Waals surface area contributed by atoms with Crippen LogP contribution in [0.5, 0.6) is 0 Å². The van der Waals surface area contributed by atoms with Gasteiger partial charge in [-0.2, -0.15) is 0 Å². The first kappa shape index (κ1) is 12.4. The highest BCUT2D eigenvalue weighted by Crippen LogP contribution is 2.45. The number of rotatable bonds is 1. The average molecular weight is 234 g/mol. The molecule has 0 aliphatic heterocycles. The van der Waals surface area contributed by atoms with E-state index in [1.807, 2.05) is 0 Å². The summed E-state index contributed by atoms with van der Waals surface area (Å²) in [5.74, 6) is 1.20. The maximum absolute atomic E-state index is 11.7. The third-order valence-corrected chi connectivity index (χ3v) is 4.20. The van der Waals surface area contributed by atoms with E-state index in [9.17, 15) is 4.79 Å². The van der Waals surface area contributed by atoms with E-state index < -0.39 is 0 Å². The van der Waals surface area contributed by atoms with Gasteiger partial charge in [-0.05, 0) is 51.4 Å². The molecule has 3 atom stereocenters. The number of ether oxygens (including phenoxy) is 1. The first-order valence-corrected chi connectivity index (χ1v) is 6.54. The zero-order valence-electron chi connectivity index (χ0n) is 11.0. The molecule has 94 valence electrons. The van der Waals surface area contributed by atoms with Gasteiger partial charge in [0.05, 0.1) is 13.0 Å². The highest BCUT2D eigenvalue weighted by Gasteiger charge is 2.39. The van der Waals surface area contributed by atoms with Gasteiger partial charge in [0.2, 0.25) is 0 Å². The number of carbonyl (C=O) groups is 1. The summed E-state index contributed by atoms with van der Waals surface area (Å²) in [6, 6.07) is 0. The summed E-state index contributed by atoms with van der Waals surface area (Å²) in [5, 5.41) is 0. The van der Waals surface area contributed by atoms with Gasteiger partial charge >= 0.3 is 5.97 Å². The van der Waals surface area contributed by atoms with Crippen LogP contribution in [0.25, 0.3) is 0 Å². The van der Waals surface area contributed by atoms with E-state index in [1.54, 1.807) is 5.57 Å². The van der Waals surface area contributed by atoms with Crippen molar-refractivity contribution < 1.29 is 9.53 Å². The summed E-state index contributed by atoms with van der Waals surface area (Å²) in [6.45, 7) is 4.40. The van der Waals surface area contributed by atoms with Crippen molar-refractivity contribution >= 4 is 5.97 Å². The van der Waals surface area contributed by atoms with Crippen LogP contribution in [0.3, 0.4) is 0 Å². The number of esters is 1. The molecule has 2 heteroatoms. The lowest BCUT2D eigenvalue weighted by atomic mass is 9.86. The fourth-order valence-corrected chi connectivity index (χ4v) is 3.36. The van der Waals surface area contributed by atoms with Crippen LogP contribution in [-0.2, 0) is 9.53 Å². The minimum atomic E-state index is -0.0282. The van der Waals surface area contributed by atoms with Crippen molar-refractivity contribution in [2.75, 3.05) is 7.11 Å². The van der Waals surface area contributed by atoms with Crippen LogP contribution < -0.4 is 0 Å². The Hall–Kier alpha value is -1.05. The van der Waals surface area contributed by atoms with Gasteiger partial charge < -0.3 is 4.74 Å². The van der Waals surface area contributed by atoms with Crippen molar-refractivity contribution in [2.24, 2.45) is 17.8 Å². The van der Waals surface area contributed by atoms with E-state index in [1.165, 1.54) is 12.7 Å². The van der Waals surface area contributed by atoms with Crippen LogP contribution in [-0.4, -0.2) is 13.1 Å². The van der Waals surface area contributed by atoms with Gasteiger partial charge in [0.25, 0.3) is 0 Å². The lowest BCUT2D eigenvalue weighted by Crippen LogP contribution is -2.13. The van der Waals surface area contributed by atoms with E-state index in [4.69, 9.17) is 4.74 Å². The van der Waals surface area contributed by atoms with Gasteiger partial charge in [-0.25, -0.2) is 0 Å². The molecule has 0 aromatic carbocycles. The molecule has 0 radical (unpaired) electrons. The summed E-state index contributed by atoms with van der Waals surface area (Å²) < 4.78 is 4.89. The molecule has 0 saturated heterocycles. The van der Waals surface area contributed by atoms with Crippen LogP contribution >= 0.6 is 0 Å². The van der Waals surface area contributed by atoms with Crippen molar-refractivity contribution in [1.82, 2.24) is 0 Å². The van der Waals surface area contributed by atoms with Gasteiger partial charge in [0.1, 0.15) is 0 Å². The minimum Gasteiger partial charge on any atom is -0.469 e. The van der Waals surface area contributed by atoms with E-state index in [-0.39, 0.29) is 11.9 Å². The normalized spacial score (nSPS) is 31.9. The number of allylic oxidation sites excluding steroid dienone is 4. The van der Waals surface area contributed by atoms with Crippen LogP contribution in [0, 0.1) is 17.8 Å². The molecule has 2 aliphatic carbocycles. The third kappa shape index (κ3) is 2.46. The maximum Gasteiger partial charge on any atom is 0.308 e. The van der Waals surface area contributed by atoms with Crippen molar-refractivity contribution in [3.63, 3.8) is 0 Å². The zero-order chi connectivity index (χ0) is 12.4. The number of hydrogen-bond donors (Lipinski definition) is 0. The quantitative estimate of drug-likeness (QED) is 0.513. The average Bonchev–Trinajstić information content (AvgIpc) is 2.62. The predicted octanol–water partition coefficient (Wildman–Crippen LogP) is 3.49. The Morgan fingerprint density at radius 1 is 1.35 bits per heavy atom. The van der Waals surface area contributed by atoms with Crippen molar-refractivity contribution in [1.29, 1.82) is 0 Å². The first-order valence-electron chi connectivity index (χ1n) is 6.54. The Morgan fingerprint density at radius 3 is 2.76 bits per heavy atom. The highest BCUT2D eigenvalue weighted by molar-refractivity contribution is 5.72. The van der Waals surface area contributed by atoms with Gasteiger partial charge in [0, 0.05) is 0 Å². The molecule has 2 rings (SSSR count). The number of methoxy groups -OCH3 is 1. The molecular formula is C15H22O2. The van der Waals surface area contributed by atoms with Crippen molar-refractivity contribution in [3.05, 3.63) is 23.3 Å². The van der Waals surface area contributed by atoms with Crippen molar-refractivity contribution in [2.45, 2.75) is 39.5 Å². The smallest absolute Gasteiger partial charge is 0.308 e. The van der Waals surface area contributed by atoms with Crippen LogP contribution in [0.4, 0.5) is 0 Å². The number of fused-ring (bicyclic) bond motifs is 1. The Morgan fingerprint density at radius 2 is 2.12 bits per heavy atom. The molecule has 0 bridgehead atoms. The summed E-state index contributed by atoms with van der Waals surface area (Å²) in [7, 11) is 1.49. The van der Waals surface area contributed by atoms with Crippen LogP contribution in [0.2, 0.25) is 0 Å². The molecule has 1 saturated carbocycles. The van der Waals surface area contributed by atoms with E-state index in [0.29, 0.717) is 11.8 Å². The first-order chi connectivity index (χ1) is 8.13. The highest BCUT2D eigenvalue weighted by atomic mass is 16.5. The monoisotopic (exact) mass is 234 g/mol. The topological polar surface area (TPSA) is 26.3 Å². The minimum absolute atomic E-state index is 0.0282. The lowest BCUT2D eigenvalue weighted by Gasteiger charge is -2.19. The summed E-state index contributed by atoms with van der Waals surface area (Å²) >= 11 is 0. The Labute approximate surface area is 104 Å². The Kier molecular flexibility index (Phi) is 3.70. The second kappa shape index (κ2) is 5.07. The van der Waals surface area contributed by atoms with Gasteiger partial charge in [-0.3, -0.25) is 4.79 Å². The van der Waals surface area contributed by atoms with E-state index >= 15 is 0 Å². The molecule has 0 aromatic rings. The van der Waals surface area contributed by atoms with Gasteiger partial charge in [-0.1, -0.05) is 23.3 Å². The Balaban J connectivity index is 2.21. The largest absolute Gasteiger partial charge is 0.469 e. The van der Waals surface area contributed by atoms with E-state index in [2.05, 4.69) is 26.0 Å². The molecule has 17 heavy (non-hydrogen) atoms. The molecular weight excluding hydrogens is 212 g/mol. The molecule has 0 amide bonds. The molecule has 0 heterocycles. The van der Waals surface area contributed by atoms with E-state index in [0.717, 1.165) is 25.7 Å². The third-order valence-electron chi connectivity index (χ3n) is 4.20. The predicted molar refractivity (Wildman–Crippen MR) is 68.5 cm³/mol. The molecule has 0 spiro atoms. The van der Waals surface area contributed by atoms with Crippen LogP contribution in [0.1, 0.15) is 39.5 Å². The summed E-state index contributed by atoms with van der Waals surface area (Å²) in [5.41, 5.74) is 3.01. The Bertz CT molecular complexity index is 361. The molecule has 0 aromatic heterocycles. The number of carbonyl (C=O) groups excluding carboxylic acids is 1. The molecule has 1 fully saturated rings. The lowest BCUT2D eigenvalue weighted by molar-refractivity contribution is -0.145. The van der Waals surface area contributed by atoms with Crippen molar-refractivity contribution in [3.8, 4) is 0 Å². The molecule has 2 aliphatic rings. The number of hydrogen-bond acceptors (Lipinski definition) is 2.